The molecule has 0 fully saturated rings. The molecule has 66 valence electrons. The maximum atomic E-state index is 10.7. The van der Waals surface area contributed by atoms with Gasteiger partial charge in [-0.05, 0) is 19.8 Å². The average Bonchev–Trinajstić information content (AvgIpc) is 2.33. The van der Waals surface area contributed by atoms with Gasteiger partial charge in [-0.15, -0.1) is 0 Å². The van der Waals surface area contributed by atoms with E-state index in [-0.39, 0.29) is 5.57 Å². The quantitative estimate of drug-likeness (QED) is 0.645. The highest BCUT2D eigenvalue weighted by Crippen LogP contribution is 2.35. The van der Waals surface area contributed by atoms with Crippen LogP contribution in [0.4, 0.5) is 0 Å². The van der Waals surface area contributed by atoms with Crippen molar-refractivity contribution in [1.29, 1.82) is 0 Å². The van der Waals surface area contributed by atoms with Crippen LogP contribution in [0.15, 0.2) is 11.6 Å². The van der Waals surface area contributed by atoms with Gasteiger partial charge in [0.15, 0.2) is 0 Å². The third-order valence-corrected chi connectivity index (χ3v) is 2.17. The van der Waals surface area contributed by atoms with Gasteiger partial charge in [0, 0.05) is 5.57 Å². The number of carboxylic acid groups (broad SMARTS) is 2. The molecule has 1 rings (SSSR count). The molecule has 1 unspecified atom stereocenters. The summed E-state index contributed by atoms with van der Waals surface area (Å²) in [5.74, 6) is -1.97. The zero-order chi connectivity index (χ0) is 9.35. The summed E-state index contributed by atoms with van der Waals surface area (Å²) in [6.07, 6.45) is 2.06. The first-order valence-electron chi connectivity index (χ1n) is 3.64. The summed E-state index contributed by atoms with van der Waals surface area (Å²) >= 11 is 0. The largest absolute Gasteiger partial charge is 0.481 e. The van der Waals surface area contributed by atoms with Gasteiger partial charge in [-0.25, -0.2) is 4.79 Å². The van der Waals surface area contributed by atoms with Crippen LogP contribution in [0.5, 0.6) is 0 Å². The lowest BCUT2D eigenvalue weighted by Crippen LogP contribution is -2.22. The van der Waals surface area contributed by atoms with Gasteiger partial charge in [0.25, 0.3) is 0 Å². The molecule has 0 heterocycles. The molecule has 12 heavy (non-hydrogen) atoms. The topological polar surface area (TPSA) is 74.6 Å². The van der Waals surface area contributed by atoms with Crippen LogP contribution in [0.2, 0.25) is 0 Å². The zero-order valence-electron chi connectivity index (χ0n) is 6.70. The number of aliphatic carboxylic acids is 2. The molecule has 1 aliphatic rings. The summed E-state index contributed by atoms with van der Waals surface area (Å²) in [6, 6.07) is 0. The predicted octanol–water partition coefficient (Wildman–Crippen LogP) is 0.882. The minimum atomic E-state index is -1.01. The van der Waals surface area contributed by atoms with Gasteiger partial charge in [0.05, 0.1) is 5.41 Å². The summed E-state index contributed by atoms with van der Waals surface area (Å²) in [5, 5.41) is 17.3. The van der Waals surface area contributed by atoms with E-state index in [1.165, 1.54) is 13.0 Å². The normalized spacial score (nSPS) is 28.2. The number of hydrogen-bond acceptors (Lipinski definition) is 2. The van der Waals surface area contributed by atoms with E-state index in [4.69, 9.17) is 10.2 Å². The predicted molar refractivity (Wildman–Crippen MR) is 40.7 cm³/mol. The fraction of sp³-hybridized carbons (Fsp3) is 0.500. The Morgan fingerprint density at radius 1 is 1.50 bits per heavy atom. The Morgan fingerprint density at radius 3 is 2.33 bits per heavy atom. The van der Waals surface area contributed by atoms with E-state index in [1.807, 2.05) is 0 Å². The van der Waals surface area contributed by atoms with Crippen molar-refractivity contribution >= 4 is 11.9 Å². The Morgan fingerprint density at radius 2 is 2.08 bits per heavy atom. The first-order chi connectivity index (χ1) is 5.46. The van der Waals surface area contributed by atoms with E-state index >= 15 is 0 Å². The number of carbonyl (C=O) groups is 2. The average molecular weight is 170 g/mol. The Labute approximate surface area is 69.5 Å². The molecule has 1 aliphatic carbocycles. The highest BCUT2D eigenvalue weighted by molar-refractivity contribution is 5.90. The molecule has 4 heteroatoms. The molecule has 0 saturated heterocycles. The van der Waals surface area contributed by atoms with Crippen molar-refractivity contribution in [2.75, 3.05) is 0 Å². The van der Waals surface area contributed by atoms with Crippen molar-refractivity contribution in [2.24, 2.45) is 5.41 Å². The molecule has 0 aromatic carbocycles. The SMILES string of the molecule is CC1(C(=O)O)C=C(C(=O)O)CC1. The van der Waals surface area contributed by atoms with Crippen LogP contribution in [0, 0.1) is 5.41 Å². The fourth-order valence-corrected chi connectivity index (χ4v) is 1.26. The first-order valence-corrected chi connectivity index (χ1v) is 3.64. The van der Waals surface area contributed by atoms with E-state index in [2.05, 4.69) is 0 Å². The molecule has 0 aromatic rings. The monoisotopic (exact) mass is 170 g/mol. The number of carboxylic acids is 2. The third kappa shape index (κ3) is 1.32. The number of rotatable bonds is 2. The minimum Gasteiger partial charge on any atom is -0.481 e. The second kappa shape index (κ2) is 2.62. The van der Waals surface area contributed by atoms with Crippen LogP contribution in [-0.4, -0.2) is 22.2 Å². The zero-order valence-corrected chi connectivity index (χ0v) is 6.70. The van der Waals surface area contributed by atoms with Gasteiger partial charge in [-0.2, -0.15) is 0 Å². The van der Waals surface area contributed by atoms with Crippen molar-refractivity contribution < 1.29 is 19.8 Å². The molecule has 0 aliphatic heterocycles. The van der Waals surface area contributed by atoms with Crippen molar-refractivity contribution in [3.05, 3.63) is 11.6 Å². The second-order valence-electron chi connectivity index (χ2n) is 3.20. The molecule has 1 atom stereocenters. The molecule has 0 radical (unpaired) electrons. The van der Waals surface area contributed by atoms with Crippen molar-refractivity contribution in [3.8, 4) is 0 Å². The van der Waals surface area contributed by atoms with Gasteiger partial charge in [-0.3, -0.25) is 4.79 Å². The summed E-state index contributed by atoms with van der Waals surface area (Å²) in [7, 11) is 0. The highest BCUT2D eigenvalue weighted by Gasteiger charge is 2.37. The lowest BCUT2D eigenvalue weighted by Gasteiger charge is -2.13. The second-order valence-corrected chi connectivity index (χ2v) is 3.20. The third-order valence-electron chi connectivity index (χ3n) is 2.17. The van der Waals surface area contributed by atoms with Gasteiger partial charge in [0.1, 0.15) is 0 Å². The standard InChI is InChI=1S/C8H10O4/c1-8(7(11)12)3-2-5(4-8)6(9)10/h4H,2-3H2,1H3,(H,9,10)(H,11,12). The van der Waals surface area contributed by atoms with E-state index in [0.29, 0.717) is 12.8 Å². The fourth-order valence-electron chi connectivity index (χ4n) is 1.26. The van der Waals surface area contributed by atoms with E-state index in [9.17, 15) is 9.59 Å². The summed E-state index contributed by atoms with van der Waals surface area (Å²) < 4.78 is 0. The molecular weight excluding hydrogens is 160 g/mol. The van der Waals surface area contributed by atoms with Crippen LogP contribution in [0.1, 0.15) is 19.8 Å². The Bertz CT molecular complexity index is 266. The van der Waals surface area contributed by atoms with Crippen LogP contribution < -0.4 is 0 Å². The molecule has 2 N–H and O–H groups in total. The van der Waals surface area contributed by atoms with E-state index in [0.717, 1.165) is 0 Å². The molecule has 4 nitrogen and oxygen atoms in total. The Kier molecular flexibility index (Phi) is 1.92. The molecule has 0 bridgehead atoms. The highest BCUT2D eigenvalue weighted by atomic mass is 16.4. The first kappa shape index (κ1) is 8.77. The molecular formula is C8H10O4. The van der Waals surface area contributed by atoms with Gasteiger partial charge >= 0.3 is 11.9 Å². The summed E-state index contributed by atoms with van der Waals surface area (Å²) in [4.78, 5) is 21.1. The Hall–Kier alpha value is -1.32. The smallest absolute Gasteiger partial charge is 0.331 e. The molecule has 0 aromatic heterocycles. The molecule has 0 spiro atoms. The van der Waals surface area contributed by atoms with Gasteiger partial charge in [0.2, 0.25) is 0 Å². The summed E-state index contributed by atoms with van der Waals surface area (Å²) in [6.45, 7) is 1.53. The van der Waals surface area contributed by atoms with Crippen molar-refractivity contribution in [3.63, 3.8) is 0 Å². The van der Waals surface area contributed by atoms with Crippen LogP contribution >= 0.6 is 0 Å². The van der Waals surface area contributed by atoms with Crippen molar-refractivity contribution in [2.45, 2.75) is 19.8 Å². The van der Waals surface area contributed by atoms with Crippen LogP contribution in [0.3, 0.4) is 0 Å². The minimum absolute atomic E-state index is 0.208. The molecule has 0 saturated carbocycles. The maximum absolute atomic E-state index is 10.7. The lowest BCUT2D eigenvalue weighted by molar-refractivity contribution is -0.145. The number of hydrogen-bond donors (Lipinski definition) is 2. The Balaban J connectivity index is 2.89. The van der Waals surface area contributed by atoms with Crippen LogP contribution in [0.25, 0.3) is 0 Å². The lowest BCUT2D eigenvalue weighted by atomic mass is 9.91. The summed E-state index contributed by atoms with van der Waals surface area (Å²) in [5.41, 5.74) is -0.770. The van der Waals surface area contributed by atoms with Crippen LogP contribution in [-0.2, 0) is 9.59 Å². The van der Waals surface area contributed by atoms with Gasteiger partial charge in [-0.1, -0.05) is 6.08 Å². The maximum Gasteiger partial charge on any atom is 0.331 e. The molecule has 0 amide bonds. The van der Waals surface area contributed by atoms with Crippen molar-refractivity contribution in [1.82, 2.24) is 0 Å². The van der Waals surface area contributed by atoms with E-state index < -0.39 is 17.4 Å². The van der Waals surface area contributed by atoms with E-state index in [1.54, 1.807) is 0 Å². The van der Waals surface area contributed by atoms with Gasteiger partial charge < -0.3 is 10.2 Å².